The van der Waals surface area contributed by atoms with Gasteiger partial charge in [-0.25, -0.2) is 0 Å². The lowest BCUT2D eigenvalue weighted by atomic mass is 9.36. The van der Waals surface area contributed by atoms with Gasteiger partial charge in [0.15, 0.2) is 0 Å². The van der Waals surface area contributed by atoms with Gasteiger partial charge in [-0.05, 0) is 140 Å². The third kappa shape index (κ3) is 4.84. The molecular weight excluding hydrogens is 667 g/mol. The SMILES string of the molecule is CC(C)(C)c1ccc(N2c3cccc4c3B(c3c(c5c(n3-c3ccccc3)CCCC5)N4c3ccccc3)c3c2c2c(n3-c3ccccc3)CCCC2)cc1. The van der Waals surface area contributed by atoms with E-state index in [1.165, 1.54) is 116 Å². The third-order valence-electron chi connectivity index (χ3n) is 12.8. The van der Waals surface area contributed by atoms with Crippen molar-refractivity contribution in [1.29, 1.82) is 0 Å². The van der Waals surface area contributed by atoms with Gasteiger partial charge >= 0.3 is 0 Å². The van der Waals surface area contributed by atoms with E-state index in [-0.39, 0.29) is 12.1 Å². The van der Waals surface area contributed by atoms with E-state index in [2.05, 4.69) is 173 Å². The predicted octanol–water partition coefficient (Wildman–Crippen LogP) is 10.4. The van der Waals surface area contributed by atoms with E-state index < -0.39 is 0 Å². The van der Waals surface area contributed by atoms with Crippen molar-refractivity contribution in [3.05, 3.63) is 162 Å². The summed E-state index contributed by atoms with van der Waals surface area (Å²) in [5.74, 6) is 0. The molecule has 0 atom stereocenters. The fourth-order valence-corrected chi connectivity index (χ4v) is 10.5. The molecule has 0 radical (unpaired) electrons. The summed E-state index contributed by atoms with van der Waals surface area (Å²) in [6.45, 7) is 6.96. The Morgan fingerprint density at radius 2 is 0.855 bits per heavy atom. The van der Waals surface area contributed by atoms with E-state index in [1.807, 2.05) is 0 Å². The largest absolute Gasteiger partial charge is 0.323 e. The summed E-state index contributed by atoms with van der Waals surface area (Å²) in [5.41, 5.74) is 22.0. The van der Waals surface area contributed by atoms with Gasteiger partial charge in [0.2, 0.25) is 0 Å². The Morgan fingerprint density at radius 3 is 1.31 bits per heavy atom. The third-order valence-corrected chi connectivity index (χ3v) is 12.8. The molecule has 0 saturated heterocycles. The van der Waals surface area contributed by atoms with Gasteiger partial charge in [-0.1, -0.05) is 93.6 Å². The summed E-state index contributed by atoms with van der Waals surface area (Å²) in [6, 6.07) is 50.3. The second kappa shape index (κ2) is 12.4. The van der Waals surface area contributed by atoms with Gasteiger partial charge in [0.25, 0.3) is 6.71 Å². The maximum atomic E-state index is 2.72. The first kappa shape index (κ1) is 32.7. The summed E-state index contributed by atoms with van der Waals surface area (Å²) < 4.78 is 5.43. The molecule has 4 heterocycles. The molecule has 0 N–H and O–H groups in total. The van der Waals surface area contributed by atoms with Crippen LogP contribution in [0.2, 0.25) is 0 Å². The molecule has 0 amide bonds. The molecular formula is C50H47BN4. The van der Waals surface area contributed by atoms with E-state index in [4.69, 9.17) is 0 Å². The molecule has 0 saturated carbocycles. The molecule has 2 aliphatic heterocycles. The zero-order valence-electron chi connectivity index (χ0n) is 32.2. The van der Waals surface area contributed by atoms with Crippen LogP contribution in [0, 0.1) is 0 Å². The Labute approximate surface area is 325 Å². The molecule has 4 nitrogen and oxygen atoms in total. The summed E-state index contributed by atoms with van der Waals surface area (Å²) >= 11 is 0. The van der Waals surface area contributed by atoms with E-state index in [0.717, 1.165) is 25.7 Å². The predicted molar refractivity (Wildman–Crippen MR) is 231 cm³/mol. The zero-order valence-corrected chi connectivity index (χ0v) is 32.2. The minimum Gasteiger partial charge on any atom is -0.323 e. The number of anilines is 6. The lowest BCUT2D eigenvalue weighted by molar-refractivity contribution is 0.590. The van der Waals surface area contributed by atoms with Gasteiger partial charge in [-0.15, -0.1) is 0 Å². The van der Waals surface area contributed by atoms with Gasteiger partial charge in [-0.3, -0.25) is 0 Å². The van der Waals surface area contributed by atoms with Crippen molar-refractivity contribution < 1.29 is 0 Å². The fraction of sp³-hybridized carbons (Fsp3) is 0.240. The maximum Gasteiger partial charge on any atom is 0.294 e. The topological polar surface area (TPSA) is 16.3 Å². The number of hydrogen-bond acceptors (Lipinski definition) is 2. The molecule has 0 fully saturated rings. The first-order valence-corrected chi connectivity index (χ1v) is 20.5. The second-order valence-electron chi connectivity index (χ2n) is 17.0. The van der Waals surface area contributed by atoms with Crippen LogP contribution in [0.4, 0.5) is 34.1 Å². The molecule has 11 rings (SSSR count). The monoisotopic (exact) mass is 714 g/mol. The second-order valence-corrected chi connectivity index (χ2v) is 17.0. The van der Waals surface area contributed by atoms with Gasteiger partial charge in [0.1, 0.15) is 0 Å². The minimum atomic E-state index is 0.0258. The number of hydrogen-bond donors (Lipinski definition) is 0. The molecule has 0 bridgehead atoms. The van der Waals surface area contributed by atoms with Crippen molar-refractivity contribution in [3.63, 3.8) is 0 Å². The van der Waals surface area contributed by atoms with E-state index >= 15 is 0 Å². The quantitative estimate of drug-likeness (QED) is 0.169. The van der Waals surface area contributed by atoms with Gasteiger partial charge in [0.05, 0.1) is 11.4 Å². The van der Waals surface area contributed by atoms with Crippen molar-refractivity contribution in [2.24, 2.45) is 0 Å². The van der Waals surface area contributed by atoms with Gasteiger partial charge < -0.3 is 18.9 Å². The maximum absolute atomic E-state index is 2.72. The highest BCUT2D eigenvalue weighted by Crippen LogP contribution is 2.50. The first-order valence-electron chi connectivity index (χ1n) is 20.5. The van der Waals surface area contributed by atoms with Crippen LogP contribution < -0.4 is 26.4 Å². The molecule has 0 unspecified atom stereocenters. The first-order chi connectivity index (χ1) is 27.0. The molecule has 270 valence electrons. The van der Waals surface area contributed by atoms with Crippen LogP contribution in [-0.4, -0.2) is 15.8 Å². The number of para-hydroxylation sites is 3. The Morgan fingerprint density at radius 1 is 0.436 bits per heavy atom. The molecule has 7 aromatic rings. The number of rotatable bonds is 4. The highest BCUT2D eigenvalue weighted by Gasteiger charge is 2.51. The number of fused-ring (bicyclic) bond motifs is 8. The van der Waals surface area contributed by atoms with Crippen LogP contribution in [0.15, 0.2) is 133 Å². The molecule has 2 aliphatic carbocycles. The Bertz CT molecular complexity index is 2580. The lowest BCUT2D eigenvalue weighted by Crippen LogP contribution is -2.64. The highest BCUT2D eigenvalue weighted by molar-refractivity contribution is 7.00. The number of benzene rings is 5. The average molecular weight is 715 g/mol. The van der Waals surface area contributed by atoms with Gasteiger partial charge in [-0.2, -0.15) is 0 Å². The Hall–Kier alpha value is -5.68. The summed E-state index contributed by atoms with van der Waals surface area (Å²) in [5, 5.41) is 0. The smallest absolute Gasteiger partial charge is 0.294 e. The molecule has 4 aliphatic rings. The zero-order chi connectivity index (χ0) is 36.8. The summed E-state index contributed by atoms with van der Waals surface area (Å²) in [7, 11) is 0. The van der Waals surface area contributed by atoms with Crippen LogP contribution in [0.5, 0.6) is 0 Å². The number of aromatic nitrogens is 2. The van der Waals surface area contributed by atoms with Gasteiger partial charge in [0, 0.05) is 56.7 Å². The molecule has 2 aromatic heterocycles. The van der Waals surface area contributed by atoms with Crippen LogP contribution in [0.1, 0.15) is 74.5 Å². The van der Waals surface area contributed by atoms with Crippen molar-refractivity contribution >= 4 is 57.5 Å². The van der Waals surface area contributed by atoms with Crippen molar-refractivity contribution in [3.8, 4) is 11.4 Å². The van der Waals surface area contributed by atoms with E-state index in [1.54, 1.807) is 0 Å². The fourth-order valence-electron chi connectivity index (χ4n) is 10.5. The van der Waals surface area contributed by atoms with E-state index in [0.29, 0.717) is 0 Å². The normalized spacial score (nSPS) is 15.6. The van der Waals surface area contributed by atoms with Crippen molar-refractivity contribution in [2.75, 3.05) is 9.80 Å². The molecule has 5 heteroatoms. The van der Waals surface area contributed by atoms with E-state index in [9.17, 15) is 0 Å². The Balaban J connectivity index is 1.31. The van der Waals surface area contributed by atoms with Crippen LogP contribution >= 0.6 is 0 Å². The van der Waals surface area contributed by atoms with Crippen LogP contribution in [0.3, 0.4) is 0 Å². The van der Waals surface area contributed by atoms with Crippen molar-refractivity contribution in [2.45, 2.75) is 77.6 Å². The standard InChI is InChI=1S/C50H47BN4/c1-50(2,3)34-30-32-38(33-31-34)53-44-29-17-28-43-45(44)51(49-47(53)40-25-14-16-27-42(40)55(49)37-22-11-6-12-23-37)48-46(52(43)35-18-7-4-8-19-35)39-24-13-15-26-41(39)54(48)36-20-9-5-10-21-36/h4-12,17-23,28-33H,13-16,24-27H2,1-3H3. The van der Waals surface area contributed by atoms with Crippen LogP contribution in [0.25, 0.3) is 11.4 Å². The number of nitrogens with zero attached hydrogens (tertiary/aromatic N) is 4. The average Bonchev–Trinajstić information content (AvgIpc) is 3.75. The highest BCUT2D eigenvalue weighted by atomic mass is 15.2. The molecule has 0 spiro atoms. The molecule has 55 heavy (non-hydrogen) atoms. The van der Waals surface area contributed by atoms with Crippen molar-refractivity contribution in [1.82, 2.24) is 9.13 Å². The minimum absolute atomic E-state index is 0.0258. The summed E-state index contributed by atoms with van der Waals surface area (Å²) in [6.07, 6.45) is 9.23. The van der Waals surface area contributed by atoms with Crippen LogP contribution in [-0.2, 0) is 31.1 Å². The summed E-state index contributed by atoms with van der Waals surface area (Å²) in [4.78, 5) is 5.29. The molecule has 5 aromatic carbocycles. The lowest BCUT2D eigenvalue weighted by Gasteiger charge is -2.43. The Kier molecular flexibility index (Phi) is 7.39.